The number of benzene rings is 2. The highest BCUT2D eigenvalue weighted by molar-refractivity contribution is 9.10. The maximum absolute atomic E-state index is 12.8. The minimum atomic E-state index is -3.98. The lowest BCUT2D eigenvalue weighted by Gasteiger charge is -2.16. The zero-order chi connectivity index (χ0) is 26.8. The molecule has 11 nitrogen and oxygen atoms in total. The molecule has 0 saturated heterocycles. The Morgan fingerprint density at radius 2 is 1.58 bits per heavy atom. The summed E-state index contributed by atoms with van der Waals surface area (Å²) >= 11 is 3.26. The van der Waals surface area contributed by atoms with E-state index in [2.05, 4.69) is 40.6 Å². The highest BCUT2D eigenvalue weighted by Crippen LogP contribution is 2.39. The summed E-state index contributed by atoms with van der Waals surface area (Å²) in [5, 5.41) is 1.03. The van der Waals surface area contributed by atoms with Gasteiger partial charge in [-0.05, 0) is 39.7 Å². The summed E-state index contributed by atoms with van der Waals surface area (Å²) in [4.78, 5) is 16.3. The fourth-order valence-corrected chi connectivity index (χ4v) is 4.01. The second kappa shape index (κ2) is 12.8. The molecule has 38 heavy (non-hydrogen) atoms. The van der Waals surface area contributed by atoms with Crippen molar-refractivity contribution in [3.8, 4) is 29.1 Å². The average Bonchev–Trinajstić information content (AvgIpc) is 2.93. The number of hydrogen-bond acceptors (Lipinski definition) is 10. The molecule has 0 radical (unpaired) electrons. The van der Waals surface area contributed by atoms with Gasteiger partial charge < -0.3 is 18.9 Å². The topological polar surface area (TPSA) is 135 Å². The molecule has 0 atom stereocenters. The van der Waals surface area contributed by atoms with E-state index in [9.17, 15) is 8.42 Å². The number of halogens is 1. The molecule has 4 aromatic rings. The largest absolute Gasteiger partial charge is 0.493 e. The fourth-order valence-electron chi connectivity index (χ4n) is 2.99. The van der Waals surface area contributed by atoms with Crippen LogP contribution in [0.2, 0.25) is 0 Å². The van der Waals surface area contributed by atoms with Gasteiger partial charge in [0.05, 0.1) is 17.0 Å². The van der Waals surface area contributed by atoms with E-state index in [-0.39, 0.29) is 36.7 Å². The Hall–Kier alpha value is -4.23. The van der Waals surface area contributed by atoms with Crippen LogP contribution in [0.25, 0.3) is 6.08 Å². The lowest BCUT2D eigenvalue weighted by atomic mass is 10.2. The number of nitrogens with one attached hydrogen (secondary N) is 1. The van der Waals surface area contributed by atoms with Crippen LogP contribution in [0.5, 0.6) is 29.1 Å². The Bertz CT molecular complexity index is 1490. The summed E-state index contributed by atoms with van der Waals surface area (Å²) in [5.41, 5.74) is 0.713. The first-order valence-electron chi connectivity index (χ1n) is 11.1. The third-order valence-electron chi connectivity index (χ3n) is 4.68. The van der Waals surface area contributed by atoms with E-state index in [0.29, 0.717) is 21.5 Å². The summed E-state index contributed by atoms with van der Waals surface area (Å²) < 4.78 is 51.4. The highest BCUT2D eigenvalue weighted by atomic mass is 79.9. The zero-order valence-electron chi connectivity index (χ0n) is 20.0. The summed E-state index contributed by atoms with van der Waals surface area (Å²) in [6.45, 7) is 0.111. The van der Waals surface area contributed by atoms with Gasteiger partial charge >= 0.3 is 6.01 Å². The lowest BCUT2D eigenvalue weighted by Crippen LogP contribution is -2.14. The van der Waals surface area contributed by atoms with Crippen molar-refractivity contribution in [2.24, 2.45) is 0 Å². The van der Waals surface area contributed by atoms with Crippen molar-refractivity contribution in [1.82, 2.24) is 19.9 Å². The molecule has 13 heteroatoms. The van der Waals surface area contributed by atoms with Crippen molar-refractivity contribution in [2.75, 3.05) is 25.0 Å². The number of hydrogen-bond donors (Lipinski definition) is 1. The van der Waals surface area contributed by atoms with Crippen molar-refractivity contribution in [3.05, 3.63) is 88.8 Å². The molecule has 0 fully saturated rings. The van der Waals surface area contributed by atoms with Gasteiger partial charge in [0, 0.05) is 12.4 Å². The third kappa shape index (κ3) is 7.63. The van der Waals surface area contributed by atoms with Crippen LogP contribution in [-0.4, -0.2) is 48.7 Å². The van der Waals surface area contributed by atoms with Crippen molar-refractivity contribution >= 4 is 37.8 Å². The van der Waals surface area contributed by atoms with E-state index in [1.807, 2.05) is 6.07 Å². The van der Waals surface area contributed by atoms with Crippen LogP contribution >= 0.6 is 15.9 Å². The van der Waals surface area contributed by atoms with Crippen LogP contribution < -0.4 is 23.7 Å². The standard InChI is InChI=1S/C25H22BrN5O6S/c1-34-20-9-5-6-10-21(20)37-22-23(31-38(32,33)14-11-18-7-3-2-4-8-18)29-17-30-24(22)35-12-13-36-25-27-15-19(26)16-28-25/h2-11,14-17H,12-13H2,1H3,(H,29,30,31). The Labute approximate surface area is 227 Å². The van der Waals surface area contributed by atoms with Crippen molar-refractivity contribution < 1.29 is 27.4 Å². The number of aromatic nitrogens is 4. The van der Waals surface area contributed by atoms with Crippen LogP contribution in [0.3, 0.4) is 0 Å². The molecule has 0 aliphatic rings. The Balaban J connectivity index is 1.56. The van der Waals surface area contributed by atoms with Crippen LogP contribution in [0.15, 0.2) is 83.2 Å². The first-order chi connectivity index (χ1) is 18.4. The second-order valence-electron chi connectivity index (χ2n) is 7.35. The van der Waals surface area contributed by atoms with Crippen molar-refractivity contribution in [1.29, 1.82) is 0 Å². The molecule has 0 aliphatic carbocycles. The molecule has 2 aromatic heterocycles. The predicted molar refractivity (Wildman–Crippen MR) is 144 cm³/mol. The normalized spacial score (nSPS) is 11.2. The molecule has 196 valence electrons. The fraction of sp³-hybridized carbons (Fsp3) is 0.120. The highest BCUT2D eigenvalue weighted by Gasteiger charge is 2.21. The molecule has 2 aromatic carbocycles. The summed E-state index contributed by atoms with van der Waals surface area (Å²) in [5.74, 6) is 0.505. The lowest BCUT2D eigenvalue weighted by molar-refractivity contribution is 0.197. The molecule has 4 rings (SSSR count). The summed E-state index contributed by atoms with van der Waals surface area (Å²) in [7, 11) is -2.49. The quantitative estimate of drug-likeness (QED) is 0.228. The number of sulfonamides is 1. The van der Waals surface area contributed by atoms with Gasteiger partial charge in [0.15, 0.2) is 17.3 Å². The number of methoxy groups -OCH3 is 1. The third-order valence-corrected chi connectivity index (χ3v) is 6.06. The van der Waals surface area contributed by atoms with Gasteiger partial charge in [0.1, 0.15) is 19.5 Å². The minimum Gasteiger partial charge on any atom is -0.493 e. The second-order valence-corrected chi connectivity index (χ2v) is 9.83. The van der Waals surface area contributed by atoms with Crippen molar-refractivity contribution in [3.63, 3.8) is 0 Å². The van der Waals surface area contributed by atoms with Crippen molar-refractivity contribution in [2.45, 2.75) is 0 Å². The molecular formula is C25H22BrN5O6S. The van der Waals surface area contributed by atoms with Gasteiger partial charge in [0.2, 0.25) is 5.75 Å². The van der Waals surface area contributed by atoms with E-state index in [1.165, 1.54) is 13.2 Å². The SMILES string of the molecule is COc1ccccc1Oc1c(NS(=O)(=O)C=Cc2ccccc2)ncnc1OCCOc1ncc(Br)cn1. The van der Waals surface area contributed by atoms with E-state index >= 15 is 0 Å². The molecule has 0 spiro atoms. The molecule has 0 aliphatic heterocycles. The Morgan fingerprint density at radius 3 is 2.32 bits per heavy atom. The molecule has 0 saturated carbocycles. The minimum absolute atomic E-state index is 0.0176. The van der Waals surface area contributed by atoms with E-state index in [1.54, 1.807) is 60.9 Å². The number of nitrogens with zero attached hydrogens (tertiary/aromatic N) is 4. The number of rotatable bonds is 12. The predicted octanol–water partition coefficient (Wildman–Crippen LogP) is 4.70. The molecule has 1 N–H and O–H groups in total. The van der Waals surface area contributed by atoms with Gasteiger partial charge in [0.25, 0.3) is 15.9 Å². The van der Waals surface area contributed by atoms with E-state index in [0.717, 1.165) is 11.7 Å². The maximum Gasteiger partial charge on any atom is 0.316 e. The van der Waals surface area contributed by atoms with Gasteiger partial charge in [-0.25, -0.2) is 23.4 Å². The maximum atomic E-state index is 12.8. The first kappa shape index (κ1) is 26.8. The van der Waals surface area contributed by atoms with E-state index in [4.69, 9.17) is 18.9 Å². The van der Waals surface area contributed by atoms with Gasteiger partial charge in [-0.2, -0.15) is 4.98 Å². The van der Waals surface area contributed by atoms with Gasteiger partial charge in [-0.15, -0.1) is 0 Å². The Morgan fingerprint density at radius 1 is 0.895 bits per heavy atom. The van der Waals surface area contributed by atoms with E-state index < -0.39 is 10.0 Å². The summed E-state index contributed by atoms with van der Waals surface area (Å²) in [6, 6.07) is 16.0. The van der Waals surface area contributed by atoms with Crippen LogP contribution in [0, 0.1) is 0 Å². The summed E-state index contributed by atoms with van der Waals surface area (Å²) in [6.07, 6.45) is 5.72. The molecule has 0 unspecified atom stereocenters. The molecular weight excluding hydrogens is 578 g/mol. The molecule has 2 heterocycles. The number of anilines is 1. The van der Waals surface area contributed by atoms with Crippen LogP contribution in [0.4, 0.5) is 5.82 Å². The first-order valence-corrected chi connectivity index (χ1v) is 13.4. The van der Waals surface area contributed by atoms with Gasteiger partial charge in [-0.1, -0.05) is 42.5 Å². The monoisotopic (exact) mass is 599 g/mol. The smallest absolute Gasteiger partial charge is 0.316 e. The molecule has 0 amide bonds. The zero-order valence-corrected chi connectivity index (χ0v) is 22.4. The Kier molecular flexibility index (Phi) is 9.06. The number of para-hydroxylation sites is 2. The number of ether oxygens (including phenoxy) is 4. The van der Waals surface area contributed by atoms with Gasteiger partial charge in [-0.3, -0.25) is 4.72 Å². The van der Waals surface area contributed by atoms with Crippen LogP contribution in [0.1, 0.15) is 5.56 Å². The average molecular weight is 600 g/mol. The molecule has 0 bridgehead atoms. The van der Waals surface area contributed by atoms with Crippen LogP contribution in [-0.2, 0) is 10.0 Å².